The number of carbonyl (C=O) groups excluding carboxylic acids is 1. The van der Waals surface area contributed by atoms with Gasteiger partial charge in [-0.2, -0.15) is 5.26 Å². The maximum Gasteiger partial charge on any atom is 0.261 e. The van der Waals surface area contributed by atoms with Gasteiger partial charge in [0.2, 0.25) is 0 Å². The van der Waals surface area contributed by atoms with Gasteiger partial charge in [0.25, 0.3) is 5.91 Å². The fourth-order valence-electron chi connectivity index (χ4n) is 1.81. The molecule has 100 valence electrons. The first-order valence-electron chi connectivity index (χ1n) is 5.87. The SMILES string of the molecule is CN(C(=O)c1c(N)cccc1Cl)c1ccc(C#N)cc1. The Balaban J connectivity index is 2.35. The molecule has 0 atom stereocenters. The summed E-state index contributed by atoms with van der Waals surface area (Å²) in [6, 6.07) is 13.7. The molecule has 2 rings (SSSR count). The second kappa shape index (κ2) is 5.64. The van der Waals surface area contributed by atoms with Crippen LogP contribution in [0.3, 0.4) is 0 Å². The van der Waals surface area contributed by atoms with Crippen molar-refractivity contribution in [1.29, 1.82) is 5.26 Å². The average molecular weight is 286 g/mol. The number of rotatable bonds is 2. The van der Waals surface area contributed by atoms with E-state index in [0.717, 1.165) is 0 Å². The number of nitrogens with zero attached hydrogens (tertiary/aromatic N) is 2. The summed E-state index contributed by atoms with van der Waals surface area (Å²) in [7, 11) is 1.63. The average Bonchev–Trinajstić information content (AvgIpc) is 2.46. The van der Waals surface area contributed by atoms with Crippen molar-refractivity contribution < 1.29 is 4.79 Å². The summed E-state index contributed by atoms with van der Waals surface area (Å²) in [6.07, 6.45) is 0. The predicted molar refractivity (Wildman–Crippen MR) is 79.8 cm³/mol. The van der Waals surface area contributed by atoms with E-state index in [0.29, 0.717) is 22.0 Å². The lowest BCUT2D eigenvalue weighted by Gasteiger charge is -2.19. The molecule has 4 nitrogen and oxygen atoms in total. The molecule has 0 radical (unpaired) electrons. The van der Waals surface area contributed by atoms with Crippen LogP contribution in [0.2, 0.25) is 5.02 Å². The maximum atomic E-state index is 12.4. The van der Waals surface area contributed by atoms with Crippen molar-refractivity contribution in [3.8, 4) is 6.07 Å². The Kier molecular flexibility index (Phi) is 3.92. The van der Waals surface area contributed by atoms with Crippen LogP contribution in [0.1, 0.15) is 15.9 Å². The van der Waals surface area contributed by atoms with Crippen molar-refractivity contribution in [2.45, 2.75) is 0 Å². The van der Waals surface area contributed by atoms with E-state index >= 15 is 0 Å². The molecule has 0 bridgehead atoms. The van der Waals surface area contributed by atoms with Crippen LogP contribution >= 0.6 is 11.6 Å². The third kappa shape index (κ3) is 2.58. The van der Waals surface area contributed by atoms with Gasteiger partial charge in [-0.3, -0.25) is 4.79 Å². The molecule has 2 aromatic carbocycles. The van der Waals surface area contributed by atoms with Crippen LogP contribution in [0.25, 0.3) is 0 Å². The van der Waals surface area contributed by atoms with Gasteiger partial charge in [-0.1, -0.05) is 17.7 Å². The molecule has 1 amide bonds. The first-order chi connectivity index (χ1) is 9.54. The van der Waals surface area contributed by atoms with Crippen LogP contribution in [-0.2, 0) is 0 Å². The highest BCUT2D eigenvalue weighted by Gasteiger charge is 2.19. The monoisotopic (exact) mass is 285 g/mol. The highest BCUT2D eigenvalue weighted by atomic mass is 35.5. The van der Waals surface area contributed by atoms with Gasteiger partial charge in [0.15, 0.2) is 0 Å². The van der Waals surface area contributed by atoms with Crippen LogP contribution in [-0.4, -0.2) is 13.0 Å². The van der Waals surface area contributed by atoms with Crippen molar-refractivity contribution in [3.63, 3.8) is 0 Å². The minimum Gasteiger partial charge on any atom is -0.398 e. The summed E-state index contributed by atoms with van der Waals surface area (Å²) < 4.78 is 0. The third-order valence-electron chi connectivity index (χ3n) is 2.95. The Morgan fingerprint density at radius 1 is 1.25 bits per heavy atom. The van der Waals surface area contributed by atoms with Crippen LogP contribution in [0, 0.1) is 11.3 Å². The minimum atomic E-state index is -0.294. The first-order valence-corrected chi connectivity index (χ1v) is 6.24. The van der Waals surface area contributed by atoms with Crippen molar-refractivity contribution in [2.75, 3.05) is 17.7 Å². The lowest BCUT2D eigenvalue weighted by Crippen LogP contribution is -2.27. The second-order valence-corrected chi connectivity index (χ2v) is 4.63. The lowest BCUT2D eigenvalue weighted by molar-refractivity contribution is 0.0994. The van der Waals surface area contributed by atoms with Crippen molar-refractivity contribution in [3.05, 3.63) is 58.6 Å². The third-order valence-corrected chi connectivity index (χ3v) is 3.26. The predicted octanol–water partition coefficient (Wildman–Crippen LogP) is 3.07. The van der Waals surface area contributed by atoms with Gasteiger partial charge in [-0.25, -0.2) is 0 Å². The highest BCUT2D eigenvalue weighted by Crippen LogP contribution is 2.25. The van der Waals surface area contributed by atoms with Crippen molar-refractivity contribution in [2.24, 2.45) is 0 Å². The molecule has 0 saturated heterocycles. The summed E-state index contributed by atoms with van der Waals surface area (Å²) in [5, 5.41) is 9.08. The lowest BCUT2D eigenvalue weighted by atomic mass is 10.1. The van der Waals surface area contributed by atoms with E-state index in [4.69, 9.17) is 22.6 Å². The fourth-order valence-corrected chi connectivity index (χ4v) is 2.07. The number of hydrogen-bond acceptors (Lipinski definition) is 3. The molecule has 0 aliphatic heterocycles. The van der Waals surface area contributed by atoms with Gasteiger partial charge < -0.3 is 10.6 Å². The zero-order valence-corrected chi connectivity index (χ0v) is 11.6. The Labute approximate surface area is 122 Å². The van der Waals surface area contributed by atoms with Gasteiger partial charge in [0.05, 0.1) is 22.2 Å². The number of nitrogens with two attached hydrogens (primary N) is 1. The van der Waals surface area contributed by atoms with Gasteiger partial charge in [0, 0.05) is 18.4 Å². The minimum absolute atomic E-state index is 0.279. The van der Waals surface area contributed by atoms with E-state index in [1.807, 2.05) is 6.07 Å². The quantitative estimate of drug-likeness (QED) is 0.862. The molecule has 2 N–H and O–H groups in total. The standard InChI is InChI=1S/C15H12ClN3O/c1-19(11-7-5-10(9-17)6-8-11)15(20)14-12(16)3-2-4-13(14)18/h2-8H,18H2,1H3. The summed E-state index contributed by atoms with van der Waals surface area (Å²) in [4.78, 5) is 13.9. The van der Waals surface area contributed by atoms with E-state index in [1.165, 1.54) is 4.90 Å². The van der Waals surface area contributed by atoms with Gasteiger partial charge in [-0.15, -0.1) is 0 Å². The number of benzene rings is 2. The maximum absolute atomic E-state index is 12.4. The molecule has 0 aliphatic rings. The molecule has 20 heavy (non-hydrogen) atoms. The number of amides is 1. The Morgan fingerprint density at radius 2 is 1.90 bits per heavy atom. The first kappa shape index (κ1) is 13.9. The number of hydrogen-bond donors (Lipinski definition) is 1. The molecular formula is C15H12ClN3O. The van der Waals surface area contributed by atoms with Gasteiger partial charge >= 0.3 is 0 Å². The summed E-state index contributed by atoms with van der Waals surface area (Å²) >= 11 is 6.03. The molecule has 0 fully saturated rings. The summed E-state index contributed by atoms with van der Waals surface area (Å²) in [5.74, 6) is -0.294. The highest BCUT2D eigenvalue weighted by molar-refractivity contribution is 6.35. The van der Waals surface area contributed by atoms with Gasteiger partial charge in [0.1, 0.15) is 0 Å². The number of anilines is 2. The molecule has 0 aromatic heterocycles. The zero-order valence-electron chi connectivity index (χ0n) is 10.8. The molecule has 0 spiro atoms. The largest absolute Gasteiger partial charge is 0.398 e. The van der Waals surface area contributed by atoms with E-state index in [2.05, 4.69) is 0 Å². The van der Waals surface area contributed by atoms with E-state index in [1.54, 1.807) is 49.5 Å². The molecule has 0 heterocycles. The Morgan fingerprint density at radius 3 is 2.45 bits per heavy atom. The number of carbonyl (C=O) groups is 1. The number of nitriles is 1. The number of halogens is 1. The molecular weight excluding hydrogens is 274 g/mol. The second-order valence-electron chi connectivity index (χ2n) is 4.23. The summed E-state index contributed by atoms with van der Waals surface area (Å²) in [5.41, 5.74) is 7.62. The van der Waals surface area contributed by atoms with Crippen LogP contribution in [0.4, 0.5) is 11.4 Å². The Bertz CT molecular complexity index is 669. The van der Waals surface area contributed by atoms with Crippen molar-refractivity contribution >= 4 is 28.9 Å². The number of nitrogen functional groups attached to an aromatic ring is 1. The van der Waals surface area contributed by atoms with E-state index < -0.39 is 0 Å². The molecule has 0 aliphatic carbocycles. The molecule has 2 aromatic rings. The zero-order chi connectivity index (χ0) is 14.7. The molecule has 0 saturated carbocycles. The normalized spacial score (nSPS) is 9.85. The Hall–Kier alpha value is -2.51. The van der Waals surface area contributed by atoms with Crippen LogP contribution < -0.4 is 10.6 Å². The summed E-state index contributed by atoms with van der Waals surface area (Å²) in [6.45, 7) is 0. The fraction of sp³-hybridized carbons (Fsp3) is 0.0667. The van der Waals surface area contributed by atoms with E-state index in [-0.39, 0.29) is 11.5 Å². The topological polar surface area (TPSA) is 70.1 Å². The van der Waals surface area contributed by atoms with Gasteiger partial charge in [-0.05, 0) is 36.4 Å². The van der Waals surface area contributed by atoms with E-state index in [9.17, 15) is 4.79 Å². The molecule has 5 heteroatoms. The van der Waals surface area contributed by atoms with Crippen LogP contribution in [0.5, 0.6) is 0 Å². The van der Waals surface area contributed by atoms with Crippen LogP contribution in [0.15, 0.2) is 42.5 Å². The van der Waals surface area contributed by atoms with Crippen molar-refractivity contribution in [1.82, 2.24) is 0 Å². The molecule has 0 unspecified atom stereocenters. The smallest absolute Gasteiger partial charge is 0.261 e.